The largest absolute Gasteiger partial charge is 0.493 e. The van der Waals surface area contributed by atoms with E-state index >= 15 is 0 Å². The topological polar surface area (TPSA) is 95.0 Å². The molecular formula is C23H32IN7O2. The maximum atomic E-state index is 12.2. The second-order valence-electron chi connectivity index (χ2n) is 8.28. The highest BCUT2D eigenvalue weighted by molar-refractivity contribution is 14.0. The smallest absolute Gasteiger partial charge is 0.243 e. The molecule has 1 saturated heterocycles. The maximum Gasteiger partial charge on any atom is 0.243 e. The molecule has 0 radical (unpaired) electrons. The van der Waals surface area contributed by atoms with Gasteiger partial charge in [0, 0.05) is 57.6 Å². The first-order valence-electron chi connectivity index (χ1n) is 11.1. The van der Waals surface area contributed by atoms with Crippen molar-refractivity contribution in [3.8, 4) is 5.75 Å². The number of amides is 1. The van der Waals surface area contributed by atoms with Crippen LogP contribution in [0.3, 0.4) is 0 Å². The lowest BCUT2D eigenvalue weighted by molar-refractivity contribution is -0.127. The van der Waals surface area contributed by atoms with Gasteiger partial charge in [0.15, 0.2) is 5.96 Å². The summed E-state index contributed by atoms with van der Waals surface area (Å²) in [6, 6.07) is 10.2. The monoisotopic (exact) mass is 565 g/mol. The Kier molecular flexibility index (Phi) is 9.10. The predicted octanol–water partition coefficient (Wildman–Crippen LogP) is 2.21. The number of guanidine groups is 1. The zero-order valence-electron chi connectivity index (χ0n) is 19.1. The molecule has 10 heteroatoms. The lowest BCUT2D eigenvalue weighted by atomic mass is 10.0. The minimum Gasteiger partial charge on any atom is -0.493 e. The van der Waals surface area contributed by atoms with Crippen molar-refractivity contribution in [2.75, 3.05) is 45.2 Å². The number of anilines is 1. The number of fused-ring (bicyclic) bond motifs is 1. The second kappa shape index (κ2) is 12.0. The van der Waals surface area contributed by atoms with Crippen molar-refractivity contribution < 1.29 is 9.53 Å². The van der Waals surface area contributed by atoms with Gasteiger partial charge in [0.05, 0.1) is 12.6 Å². The SMILES string of the molecule is CN(C)C(=O)CN=C(NC1CCN(c2ncccn2)CC1)NC1CCOc2ccccc21.I. The molecule has 33 heavy (non-hydrogen) atoms. The quantitative estimate of drug-likeness (QED) is 0.326. The molecule has 1 amide bonds. The molecule has 1 atom stereocenters. The van der Waals surface area contributed by atoms with E-state index in [1.807, 2.05) is 24.3 Å². The van der Waals surface area contributed by atoms with E-state index in [0.29, 0.717) is 12.6 Å². The van der Waals surface area contributed by atoms with E-state index in [4.69, 9.17) is 4.74 Å². The Morgan fingerprint density at radius 1 is 1.12 bits per heavy atom. The number of rotatable bonds is 5. The Morgan fingerprint density at radius 2 is 1.85 bits per heavy atom. The van der Waals surface area contributed by atoms with Gasteiger partial charge in [0.1, 0.15) is 12.3 Å². The molecule has 0 bridgehead atoms. The number of likely N-dealkylation sites (N-methyl/N-ethyl adjacent to an activating group) is 1. The van der Waals surface area contributed by atoms with Crippen molar-refractivity contribution in [1.29, 1.82) is 0 Å². The number of hydrogen-bond donors (Lipinski definition) is 2. The van der Waals surface area contributed by atoms with Crippen molar-refractivity contribution in [1.82, 2.24) is 25.5 Å². The summed E-state index contributed by atoms with van der Waals surface area (Å²) in [5.74, 6) is 2.30. The summed E-state index contributed by atoms with van der Waals surface area (Å²) in [5.41, 5.74) is 1.11. The summed E-state index contributed by atoms with van der Waals surface area (Å²) < 4.78 is 5.79. The fourth-order valence-corrected chi connectivity index (χ4v) is 3.95. The Hall–Kier alpha value is -2.63. The summed E-state index contributed by atoms with van der Waals surface area (Å²) in [6.07, 6.45) is 6.25. The van der Waals surface area contributed by atoms with E-state index in [9.17, 15) is 4.79 Å². The molecule has 1 fully saturated rings. The van der Waals surface area contributed by atoms with Crippen LogP contribution in [0.25, 0.3) is 0 Å². The summed E-state index contributed by atoms with van der Waals surface area (Å²) in [4.78, 5) is 29.2. The van der Waals surface area contributed by atoms with Crippen molar-refractivity contribution in [3.05, 3.63) is 48.3 Å². The molecule has 2 aliphatic rings. The minimum atomic E-state index is -0.0328. The van der Waals surface area contributed by atoms with E-state index in [1.54, 1.807) is 31.4 Å². The van der Waals surface area contributed by atoms with Crippen LogP contribution >= 0.6 is 24.0 Å². The van der Waals surface area contributed by atoms with Crippen LogP contribution in [0, 0.1) is 0 Å². The Labute approximate surface area is 212 Å². The van der Waals surface area contributed by atoms with E-state index < -0.39 is 0 Å². The third kappa shape index (κ3) is 6.68. The van der Waals surface area contributed by atoms with Crippen LogP contribution in [0.5, 0.6) is 5.75 Å². The molecule has 0 saturated carbocycles. The number of nitrogens with one attached hydrogen (secondary N) is 2. The molecule has 9 nitrogen and oxygen atoms in total. The van der Waals surface area contributed by atoms with Crippen LogP contribution in [-0.2, 0) is 4.79 Å². The lowest BCUT2D eigenvalue weighted by Gasteiger charge is -2.34. The van der Waals surface area contributed by atoms with Crippen LogP contribution < -0.4 is 20.3 Å². The Balaban J connectivity index is 0.00000306. The van der Waals surface area contributed by atoms with Gasteiger partial charge in [-0.2, -0.15) is 0 Å². The highest BCUT2D eigenvalue weighted by Crippen LogP contribution is 2.31. The minimum absolute atomic E-state index is 0. The zero-order valence-corrected chi connectivity index (χ0v) is 21.4. The number of ether oxygens (including phenoxy) is 1. The van der Waals surface area contributed by atoms with Gasteiger partial charge >= 0.3 is 0 Å². The molecule has 178 valence electrons. The molecule has 0 spiro atoms. The number of nitrogens with zero attached hydrogens (tertiary/aromatic N) is 5. The van der Waals surface area contributed by atoms with E-state index in [0.717, 1.165) is 49.6 Å². The molecule has 4 rings (SSSR count). The summed E-state index contributed by atoms with van der Waals surface area (Å²) in [6.45, 7) is 2.48. The van der Waals surface area contributed by atoms with Crippen molar-refractivity contribution in [2.45, 2.75) is 31.3 Å². The predicted molar refractivity (Wildman–Crippen MR) is 139 cm³/mol. The van der Waals surface area contributed by atoms with E-state index in [-0.39, 0.29) is 48.5 Å². The molecule has 1 aromatic carbocycles. The average Bonchev–Trinajstić information content (AvgIpc) is 2.83. The van der Waals surface area contributed by atoms with Crippen molar-refractivity contribution in [2.24, 2.45) is 4.99 Å². The number of piperidine rings is 1. The maximum absolute atomic E-state index is 12.2. The number of carbonyl (C=O) groups excluding carboxylic acids is 1. The van der Waals surface area contributed by atoms with Gasteiger partial charge in [0.2, 0.25) is 11.9 Å². The van der Waals surface area contributed by atoms with Crippen LogP contribution in [0.4, 0.5) is 5.95 Å². The van der Waals surface area contributed by atoms with E-state index in [2.05, 4.69) is 36.6 Å². The van der Waals surface area contributed by atoms with Crippen LogP contribution in [0.1, 0.15) is 30.9 Å². The van der Waals surface area contributed by atoms with Gasteiger partial charge < -0.3 is 25.2 Å². The van der Waals surface area contributed by atoms with Gasteiger partial charge in [-0.1, -0.05) is 18.2 Å². The summed E-state index contributed by atoms with van der Waals surface area (Å²) >= 11 is 0. The third-order valence-electron chi connectivity index (χ3n) is 5.81. The second-order valence-corrected chi connectivity index (χ2v) is 8.28. The first kappa shape index (κ1) is 25.0. The van der Waals surface area contributed by atoms with Gasteiger partial charge in [-0.3, -0.25) is 4.79 Å². The third-order valence-corrected chi connectivity index (χ3v) is 5.81. The Morgan fingerprint density at radius 3 is 2.58 bits per heavy atom. The first-order valence-corrected chi connectivity index (χ1v) is 11.1. The number of carbonyl (C=O) groups is 1. The van der Waals surface area contributed by atoms with Gasteiger partial charge in [0.25, 0.3) is 0 Å². The number of benzene rings is 1. The van der Waals surface area contributed by atoms with Gasteiger partial charge in [-0.05, 0) is 25.0 Å². The highest BCUT2D eigenvalue weighted by atomic mass is 127. The summed E-state index contributed by atoms with van der Waals surface area (Å²) in [5, 5.41) is 7.11. The average molecular weight is 565 g/mol. The fraction of sp³-hybridized carbons (Fsp3) is 0.478. The molecule has 2 aliphatic heterocycles. The normalized spacial score (nSPS) is 18.4. The van der Waals surface area contributed by atoms with Gasteiger partial charge in [-0.25, -0.2) is 15.0 Å². The van der Waals surface area contributed by atoms with Gasteiger partial charge in [-0.15, -0.1) is 24.0 Å². The molecule has 1 unspecified atom stereocenters. The number of aromatic nitrogens is 2. The zero-order chi connectivity index (χ0) is 22.3. The first-order chi connectivity index (χ1) is 15.6. The van der Waals surface area contributed by atoms with Crippen LogP contribution in [0.15, 0.2) is 47.7 Å². The number of hydrogen-bond acceptors (Lipinski definition) is 6. The highest BCUT2D eigenvalue weighted by Gasteiger charge is 2.25. The molecule has 2 aromatic rings. The number of para-hydroxylation sites is 1. The molecule has 0 aliphatic carbocycles. The summed E-state index contributed by atoms with van der Waals surface area (Å²) in [7, 11) is 3.49. The van der Waals surface area contributed by atoms with Crippen LogP contribution in [0.2, 0.25) is 0 Å². The van der Waals surface area contributed by atoms with Crippen LogP contribution in [-0.4, -0.2) is 73.1 Å². The molecule has 1 aromatic heterocycles. The number of halogens is 1. The standard InChI is InChI=1S/C23H31N7O2.HI/c1-29(2)21(31)16-26-22(28-19-10-15-32-20-7-4-3-6-18(19)20)27-17-8-13-30(14-9-17)23-24-11-5-12-25-23;/h3-7,11-12,17,19H,8-10,13-16H2,1-2H3,(H2,26,27,28);1H. The molecular weight excluding hydrogens is 533 g/mol. The number of aliphatic imine (C=N–C) groups is 1. The Bertz CT molecular complexity index is 933. The van der Waals surface area contributed by atoms with Crippen molar-refractivity contribution in [3.63, 3.8) is 0 Å². The van der Waals surface area contributed by atoms with Crippen molar-refractivity contribution >= 4 is 41.8 Å². The van der Waals surface area contributed by atoms with E-state index in [1.165, 1.54) is 0 Å². The molecule has 3 heterocycles. The lowest BCUT2D eigenvalue weighted by Crippen LogP contribution is -2.50. The fourth-order valence-electron chi connectivity index (χ4n) is 3.95. The molecule has 2 N–H and O–H groups in total.